The molecule has 0 saturated heterocycles. The zero-order valence-electron chi connectivity index (χ0n) is 9.64. The van der Waals surface area contributed by atoms with Crippen LogP contribution in [0, 0.1) is 0 Å². The summed E-state index contributed by atoms with van der Waals surface area (Å²) < 4.78 is 5.41. The van der Waals surface area contributed by atoms with Crippen LogP contribution in [-0.2, 0) is 9.53 Å². The summed E-state index contributed by atoms with van der Waals surface area (Å²) in [6.45, 7) is 5.72. The van der Waals surface area contributed by atoms with Crippen LogP contribution in [0.15, 0.2) is 0 Å². The Morgan fingerprint density at radius 1 is 1.29 bits per heavy atom. The molecule has 0 unspecified atom stereocenters. The van der Waals surface area contributed by atoms with Crippen molar-refractivity contribution < 1.29 is 9.53 Å². The van der Waals surface area contributed by atoms with Crippen LogP contribution in [0.1, 0.15) is 46.5 Å². The summed E-state index contributed by atoms with van der Waals surface area (Å²) in [5.41, 5.74) is -0.795. The van der Waals surface area contributed by atoms with Gasteiger partial charge >= 0.3 is 5.97 Å². The smallest absolute Gasteiger partial charge is 0.326 e. The molecule has 3 nitrogen and oxygen atoms in total. The van der Waals surface area contributed by atoms with Crippen molar-refractivity contribution >= 4 is 5.97 Å². The van der Waals surface area contributed by atoms with E-state index in [0.717, 1.165) is 25.7 Å². The molecule has 0 aromatic carbocycles. The average Bonchev–Trinajstić information content (AvgIpc) is 2.49. The lowest BCUT2D eigenvalue weighted by atomic mass is 9.98. The predicted octanol–water partition coefficient (Wildman–Crippen LogP) is 1.86. The molecule has 0 spiro atoms. The van der Waals surface area contributed by atoms with Gasteiger partial charge in [0.05, 0.1) is 0 Å². The first kappa shape index (κ1) is 11.5. The number of carbonyl (C=O) groups excluding carboxylic acids is 1. The second kappa shape index (κ2) is 3.89. The molecule has 0 aromatic heterocycles. The van der Waals surface area contributed by atoms with E-state index in [1.54, 1.807) is 0 Å². The second-order valence-electron chi connectivity index (χ2n) is 5.04. The molecule has 1 fully saturated rings. The minimum absolute atomic E-state index is 0.0926. The maximum atomic E-state index is 11.9. The van der Waals surface area contributed by atoms with Gasteiger partial charge in [0.1, 0.15) is 11.1 Å². The Morgan fingerprint density at radius 2 is 1.79 bits per heavy atom. The van der Waals surface area contributed by atoms with Crippen molar-refractivity contribution in [3.05, 3.63) is 0 Å². The van der Waals surface area contributed by atoms with Gasteiger partial charge in [0.15, 0.2) is 0 Å². The zero-order valence-corrected chi connectivity index (χ0v) is 9.64. The van der Waals surface area contributed by atoms with E-state index in [1.807, 2.05) is 27.8 Å². The van der Waals surface area contributed by atoms with E-state index in [9.17, 15) is 4.79 Å². The fourth-order valence-corrected chi connectivity index (χ4v) is 1.91. The highest BCUT2D eigenvalue weighted by Crippen LogP contribution is 2.31. The number of hydrogen-bond acceptors (Lipinski definition) is 3. The number of carbonyl (C=O) groups is 1. The van der Waals surface area contributed by atoms with Crippen molar-refractivity contribution in [3.8, 4) is 0 Å². The zero-order chi connectivity index (χ0) is 10.8. The maximum absolute atomic E-state index is 11.9. The van der Waals surface area contributed by atoms with Crippen LogP contribution in [0.3, 0.4) is 0 Å². The first-order valence-corrected chi connectivity index (χ1v) is 5.32. The molecule has 82 valence electrons. The standard InChI is InChI=1S/C11H21NO2/c1-10(2,3)14-9(13)11(12-4)7-5-6-8-11/h12H,5-8H2,1-4H3. The summed E-state index contributed by atoms with van der Waals surface area (Å²) in [4.78, 5) is 11.9. The molecule has 14 heavy (non-hydrogen) atoms. The first-order valence-electron chi connectivity index (χ1n) is 5.32. The number of esters is 1. The molecule has 1 aliphatic rings. The average molecular weight is 199 g/mol. The van der Waals surface area contributed by atoms with Gasteiger partial charge in [-0.15, -0.1) is 0 Å². The molecule has 0 amide bonds. The Morgan fingerprint density at radius 3 is 2.14 bits per heavy atom. The van der Waals surface area contributed by atoms with Gasteiger partial charge in [0, 0.05) is 0 Å². The van der Waals surface area contributed by atoms with Crippen molar-refractivity contribution in [2.24, 2.45) is 0 Å². The maximum Gasteiger partial charge on any atom is 0.326 e. The largest absolute Gasteiger partial charge is 0.459 e. The third kappa shape index (κ3) is 2.47. The van der Waals surface area contributed by atoms with E-state index in [0.29, 0.717) is 0 Å². The number of hydrogen-bond donors (Lipinski definition) is 1. The van der Waals surface area contributed by atoms with Crippen LogP contribution in [0.4, 0.5) is 0 Å². The lowest BCUT2D eigenvalue weighted by Gasteiger charge is -2.30. The predicted molar refractivity (Wildman–Crippen MR) is 56.1 cm³/mol. The molecule has 0 atom stereocenters. The van der Waals surface area contributed by atoms with Crippen LogP contribution < -0.4 is 5.32 Å². The minimum Gasteiger partial charge on any atom is -0.459 e. The van der Waals surface area contributed by atoms with Crippen molar-refractivity contribution in [2.75, 3.05) is 7.05 Å². The molecule has 3 heteroatoms. The molecule has 0 aliphatic heterocycles. The number of nitrogens with one attached hydrogen (secondary N) is 1. The Labute approximate surface area is 86.2 Å². The fraction of sp³-hybridized carbons (Fsp3) is 0.909. The lowest BCUT2D eigenvalue weighted by Crippen LogP contribution is -2.50. The van der Waals surface area contributed by atoms with Crippen LogP contribution in [0.25, 0.3) is 0 Å². The minimum atomic E-state index is -0.409. The molecule has 1 saturated carbocycles. The van der Waals surface area contributed by atoms with Crippen molar-refractivity contribution in [3.63, 3.8) is 0 Å². The second-order valence-corrected chi connectivity index (χ2v) is 5.04. The molecule has 0 heterocycles. The molecule has 0 aromatic rings. The van der Waals surface area contributed by atoms with Crippen LogP contribution >= 0.6 is 0 Å². The molecular weight excluding hydrogens is 178 g/mol. The van der Waals surface area contributed by atoms with Gasteiger partial charge in [-0.25, -0.2) is 0 Å². The van der Waals surface area contributed by atoms with Gasteiger partial charge in [-0.05, 0) is 40.7 Å². The molecule has 1 N–H and O–H groups in total. The molecule has 1 aliphatic carbocycles. The Balaban J connectivity index is 2.66. The van der Waals surface area contributed by atoms with E-state index >= 15 is 0 Å². The summed E-state index contributed by atoms with van der Waals surface area (Å²) in [7, 11) is 1.84. The molecule has 1 rings (SSSR count). The van der Waals surface area contributed by atoms with E-state index in [2.05, 4.69) is 5.32 Å². The first-order chi connectivity index (χ1) is 6.40. The Hall–Kier alpha value is -0.570. The normalized spacial score (nSPS) is 20.9. The quantitative estimate of drug-likeness (QED) is 0.690. The summed E-state index contributed by atoms with van der Waals surface area (Å²) in [6.07, 6.45) is 4.02. The van der Waals surface area contributed by atoms with E-state index in [1.165, 1.54) is 0 Å². The summed E-state index contributed by atoms with van der Waals surface area (Å²) >= 11 is 0. The van der Waals surface area contributed by atoms with Gasteiger partial charge < -0.3 is 10.1 Å². The number of likely N-dealkylation sites (N-methyl/N-ethyl adjacent to an activating group) is 1. The van der Waals surface area contributed by atoms with E-state index < -0.39 is 5.54 Å². The molecule has 0 radical (unpaired) electrons. The Bertz CT molecular complexity index is 212. The third-order valence-electron chi connectivity index (χ3n) is 2.73. The third-order valence-corrected chi connectivity index (χ3v) is 2.73. The topological polar surface area (TPSA) is 38.3 Å². The summed E-state index contributed by atoms with van der Waals surface area (Å²) in [5.74, 6) is -0.0926. The lowest BCUT2D eigenvalue weighted by molar-refractivity contribution is -0.162. The number of ether oxygens (including phenoxy) is 1. The Kier molecular flexibility index (Phi) is 3.20. The van der Waals surface area contributed by atoms with Gasteiger partial charge in [0.25, 0.3) is 0 Å². The van der Waals surface area contributed by atoms with Crippen molar-refractivity contribution in [1.29, 1.82) is 0 Å². The highest BCUT2D eigenvalue weighted by Gasteiger charge is 2.42. The molecular formula is C11H21NO2. The number of rotatable bonds is 2. The van der Waals surface area contributed by atoms with Gasteiger partial charge in [-0.2, -0.15) is 0 Å². The monoisotopic (exact) mass is 199 g/mol. The van der Waals surface area contributed by atoms with Crippen LogP contribution in [0.5, 0.6) is 0 Å². The highest BCUT2D eigenvalue weighted by molar-refractivity contribution is 5.81. The SMILES string of the molecule is CNC1(C(=O)OC(C)(C)C)CCCC1. The van der Waals surface area contributed by atoms with Crippen molar-refractivity contribution in [2.45, 2.75) is 57.6 Å². The van der Waals surface area contributed by atoms with E-state index in [-0.39, 0.29) is 11.6 Å². The molecule has 0 bridgehead atoms. The van der Waals surface area contributed by atoms with Crippen molar-refractivity contribution in [1.82, 2.24) is 5.32 Å². The summed E-state index contributed by atoms with van der Waals surface area (Å²) in [5, 5.41) is 3.13. The van der Waals surface area contributed by atoms with Gasteiger partial charge in [-0.1, -0.05) is 12.8 Å². The fourth-order valence-electron chi connectivity index (χ4n) is 1.91. The van der Waals surface area contributed by atoms with E-state index in [4.69, 9.17) is 4.74 Å². The van der Waals surface area contributed by atoms with Crippen LogP contribution in [-0.4, -0.2) is 24.2 Å². The highest BCUT2D eigenvalue weighted by atomic mass is 16.6. The summed E-state index contributed by atoms with van der Waals surface area (Å²) in [6, 6.07) is 0. The van der Waals surface area contributed by atoms with Crippen LogP contribution in [0.2, 0.25) is 0 Å². The van der Waals surface area contributed by atoms with Gasteiger partial charge in [0.2, 0.25) is 0 Å². The van der Waals surface area contributed by atoms with Gasteiger partial charge in [-0.3, -0.25) is 4.79 Å².